The van der Waals surface area contributed by atoms with E-state index in [4.69, 9.17) is 11.6 Å². The zero-order valence-corrected chi connectivity index (χ0v) is 14.1. The summed E-state index contributed by atoms with van der Waals surface area (Å²) < 4.78 is 26.2. The fourth-order valence-corrected chi connectivity index (χ4v) is 5.01. The van der Waals surface area contributed by atoms with Crippen LogP contribution in [0.25, 0.3) is 0 Å². The van der Waals surface area contributed by atoms with Crippen molar-refractivity contribution in [3.05, 3.63) is 0 Å². The van der Waals surface area contributed by atoms with Crippen molar-refractivity contribution < 1.29 is 13.2 Å². The highest BCUT2D eigenvalue weighted by atomic mass is 35.5. The van der Waals surface area contributed by atoms with Gasteiger partial charge >= 0.3 is 0 Å². The molecule has 7 nitrogen and oxygen atoms in total. The monoisotopic (exact) mass is 352 g/mol. The fourth-order valence-electron chi connectivity index (χ4n) is 2.20. The third-order valence-corrected chi connectivity index (χ3v) is 6.84. The molecule has 0 saturated carbocycles. The second-order valence-electron chi connectivity index (χ2n) is 4.97. The van der Waals surface area contributed by atoms with E-state index in [-0.39, 0.29) is 20.8 Å². The number of hydrogen-bond acceptors (Lipinski definition) is 6. The number of carbonyl (C=O) groups is 1. The molecular formula is C11H17ClN4O3S2. The average molecular weight is 353 g/mol. The Hall–Kier alpha value is -0.770. The van der Waals surface area contributed by atoms with Gasteiger partial charge in [0, 0.05) is 25.4 Å². The molecule has 1 aromatic rings. The summed E-state index contributed by atoms with van der Waals surface area (Å²) in [6, 6.07) is 0. The van der Waals surface area contributed by atoms with Crippen molar-refractivity contribution in [2.45, 2.75) is 36.4 Å². The van der Waals surface area contributed by atoms with Crippen LogP contribution in [0, 0.1) is 5.92 Å². The number of sulfonamides is 1. The molecule has 1 aliphatic heterocycles. The van der Waals surface area contributed by atoms with Gasteiger partial charge in [-0.25, -0.2) is 8.42 Å². The summed E-state index contributed by atoms with van der Waals surface area (Å²) in [4.78, 5) is 10.9. The second kappa shape index (κ2) is 6.55. The van der Waals surface area contributed by atoms with Gasteiger partial charge in [0.15, 0.2) is 0 Å². The van der Waals surface area contributed by atoms with Crippen molar-refractivity contribution in [2.24, 2.45) is 5.92 Å². The van der Waals surface area contributed by atoms with Crippen molar-refractivity contribution in [3.8, 4) is 0 Å². The van der Waals surface area contributed by atoms with Gasteiger partial charge in [-0.3, -0.25) is 4.79 Å². The first-order valence-corrected chi connectivity index (χ1v) is 9.25. The molecule has 0 spiro atoms. The summed E-state index contributed by atoms with van der Waals surface area (Å²) in [5.41, 5.74) is 0. The molecular weight excluding hydrogens is 336 g/mol. The number of alkyl halides is 1. The van der Waals surface area contributed by atoms with Crippen molar-refractivity contribution in [2.75, 3.05) is 18.4 Å². The van der Waals surface area contributed by atoms with Gasteiger partial charge in [0.05, 0.1) is 0 Å². The molecule has 0 aromatic carbocycles. The number of nitrogens with one attached hydrogen (secondary N) is 1. The minimum absolute atomic E-state index is 0.0442. The van der Waals surface area contributed by atoms with Gasteiger partial charge in [-0.05, 0) is 25.7 Å². The van der Waals surface area contributed by atoms with E-state index in [2.05, 4.69) is 15.5 Å². The molecule has 0 radical (unpaired) electrons. The number of aromatic nitrogens is 2. The highest BCUT2D eigenvalue weighted by molar-refractivity contribution is 7.91. The molecule has 0 aliphatic carbocycles. The van der Waals surface area contributed by atoms with E-state index >= 15 is 0 Å². The Morgan fingerprint density at radius 3 is 2.57 bits per heavy atom. The normalized spacial score (nSPS) is 19.4. The van der Waals surface area contributed by atoms with E-state index in [1.165, 1.54) is 11.2 Å². The number of nitrogens with zero attached hydrogens (tertiary/aromatic N) is 3. The molecule has 10 heteroatoms. The van der Waals surface area contributed by atoms with Crippen LogP contribution in [0.1, 0.15) is 26.7 Å². The van der Waals surface area contributed by atoms with Gasteiger partial charge in [0.2, 0.25) is 15.4 Å². The van der Waals surface area contributed by atoms with Crippen molar-refractivity contribution in [1.29, 1.82) is 0 Å². The van der Waals surface area contributed by atoms with E-state index in [1.807, 2.05) is 6.92 Å². The third-order valence-electron chi connectivity index (χ3n) is 3.40. The maximum absolute atomic E-state index is 12.5. The standard InChI is InChI=1S/C11H17ClN4O3S2/c1-7(12)9-3-5-16(6-4-9)21(18,19)11-15-14-10(20-11)13-8(2)17/h7,9H,3-6H2,1-2H3,(H,13,14,17). The molecule has 21 heavy (non-hydrogen) atoms. The molecule has 0 bridgehead atoms. The highest BCUT2D eigenvalue weighted by Crippen LogP contribution is 2.29. The Morgan fingerprint density at radius 1 is 1.43 bits per heavy atom. The number of hydrogen-bond donors (Lipinski definition) is 1. The molecule has 1 atom stereocenters. The third kappa shape index (κ3) is 3.91. The maximum Gasteiger partial charge on any atom is 0.272 e. The van der Waals surface area contributed by atoms with Crippen molar-refractivity contribution in [1.82, 2.24) is 14.5 Å². The van der Waals surface area contributed by atoms with E-state index in [0.717, 1.165) is 24.2 Å². The lowest BCUT2D eigenvalue weighted by molar-refractivity contribution is -0.114. The summed E-state index contributed by atoms with van der Waals surface area (Å²) in [5, 5.41) is 10.00. The number of anilines is 1. The van der Waals surface area contributed by atoms with E-state index in [1.54, 1.807) is 0 Å². The summed E-state index contributed by atoms with van der Waals surface area (Å²) in [7, 11) is -3.64. The molecule has 1 amide bonds. The second-order valence-corrected chi connectivity index (χ2v) is 8.75. The number of amides is 1. The van der Waals surface area contributed by atoms with Gasteiger partial charge in [0.25, 0.3) is 10.0 Å². The van der Waals surface area contributed by atoms with Crippen LogP contribution in [0.5, 0.6) is 0 Å². The van der Waals surface area contributed by atoms with Crippen LogP contribution in [0.2, 0.25) is 0 Å². The molecule has 2 rings (SSSR count). The minimum atomic E-state index is -3.64. The van der Waals surface area contributed by atoms with Crippen LogP contribution in [-0.4, -0.2) is 47.3 Å². The van der Waals surface area contributed by atoms with Crippen LogP contribution < -0.4 is 5.32 Å². The lowest BCUT2D eigenvalue weighted by atomic mass is 9.95. The Bertz CT molecular complexity index is 609. The van der Waals surface area contributed by atoms with E-state index in [9.17, 15) is 13.2 Å². The van der Waals surface area contributed by atoms with E-state index < -0.39 is 10.0 Å². The van der Waals surface area contributed by atoms with Gasteiger partial charge in [-0.15, -0.1) is 21.8 Å². The molecule has 2 heterocycles. The predicted octanol–water partition coefficient (Wildman–Crippen LogP) is 1.52. The predicted molar refractivity (Wildman–Crippen MR) is 81.0 cm³/mol. The topological polar surface area (TPSA) is 92.3 Å². The van der Waals surface area contributed by atoms with E-state index in [0.29, 0.717) is 19.0 Å². The van der Waals surface area contributed by atoms with Gasteiger partial charge in [-0.2, -0.15) is 4.31 Å². The molecule has 1 fully saturated rings. The molecule has 1 aliphatic rings. The van der Waals surface area contributed by atoms with Gasteiger partial charge in [-0.1, -0.05) is 11.3 Å². The first kappa shape index (κ1) is 16.6. The molecule has 118 valence electrons. The SMILES string of the molecule is CC(=O)Nc1nnc(S(=O)(=O)N2CCC(C(C)Cl)CC2)s1. The van der Waals surface area contributed by atoms with Gasteiger partial charge < -0.3 is 5.32 Å². The minimum Gasteiger partial charge on any atom is -0.301 e. The van der Waals surface area contributed by atoms with Crippen LogP contribution in [-0.2, 0) is 14.8 Å². The fraction of sp³-hybridized carbons (Fsp3) is 0.727. The van der Waals surface area contributed by atoms with Crippen LogP contribution in [0.3, 0.4) is 0 Å². The van der Waals surface area contributed by atoms with Crippen molar-refractivity contribution >= 4 is 44.0 Å². The maximum atomic E-state index is 12.5. The molecule has 1 unspecified atom stereocenters. The molecule has 1 aromatic heterocycles. The lowest BCUT2D eigenvalue weighted by Gasteiger charge is -2.31. The molecule has 1 saturated heterocycles. The van der Waals surface area contributed by atoms with Crippen LogP contribution in [0.15, 0.2) is 4.34 Å². The highest BCUT2D eigenvalue weighted by Gasteiger charge is 2.33. The first-order valence-electron chi connectivity index (χ1n) is 6.56. The Kier molecular flexibility index (Phi) is 5.18. The summed E-state index contributed by atoms with van der Waals surface area (Å²) in [6.07, 6.45) is 1.47. The summed E-state index contributed by atoms with van der Waals surface area (Å²) in [5.74, 6) is 0.0227. The van der Waals surface area contributed by atoms with Crippen LogP contribution in [0.4, 0.5) is 5.13 Å². The van der Waals surface area contributed by atoms with Crippen LogP contribution >= 0.6 is 22.9 Å². The number of rotatable bonds is 4. The smallest absolute Gasteiger partial charge is 0.272 e. The largest absolute Gasteiger partial charge is 0.301 e. The quantitative estimate of drug-likeness (QED) is 0.655. The first-order chi connectivity index (χ1) is 9.80. The average Bonchev–Trinajstić information content (AvgIpc) is 2.87. The van der Waals surface area contributed by atoms with Gasteiger partial charge in [0.1, 0.15) is 0 Å². The zero-order chi connectivity index (χ0) is 15.6. The number of halogens is 1. The summed E-state index contributed by atoms with van der Waals surface area (Å²) in [6.45, 7) is 4.12. The lowest BCUT2D eigenvalue weighted by Crippen LogP contribution is -2.39. The summed E-state index contributed by atoms with van der Waals surface area (Å²) >= 11 is 6.92. The Morgan fingerprint density at radius 2 is 2.05 bits per heavy atom. The number of carbonyl (C=O) groups excluding carboxylic acids is 1. The molecule has 1 N–H and O–H groups in total. The van der Waals surface area contributed by atoms with Crippen molar-refractivity contribution in [3.63, 3.8) is 0 Å². The Labute approximate surface area is 132 Å². The number of piperidine rings is 1. The Balaban J connectivity index is 2.08. The zero-order valence-electron chi connectivity index (χ0n) is 11.7.